The Bertz CT molecular complexity index is 241. The van der Waals surface area contributed by atoms with E-state index in [1.165, 1.54) is 63.4 Å². The molecule has 0 aromatic carbocycles. The van der Waals surface area contributed by atoms with Crippen LogP contribution in [0.4, 0.5) is 0 Å². The molecule has 1 aliphatic heterocycles. The lowest BCUT2D eigenvalue weighted by molar-refractivity contribution is 0.0852. The van der Waals surface area contributed by atoms with Crippen LogP contribution in [0.15, 0.2) is 0 Å². The van der Waals surface area contributed by atoms with Crippen molar-refractivity contribution >= 4 is 11.8 Å². The fourth-order valence-corrected chi connectivity index (χ4v) is 4.73. The van der Waals surface area contributed by atoms with Crippen LogP contribution in [0.2, 0.25) is 0 Å². The highest BCUT2D eigenvalue weighted by Crippen LogP contribution is 2.39. The normalized spacial score (nSPS) is 34.7. The highest BCUT2D eigenvalue weighted by Gasteiger charge is 2.36. The minimum absolute atomic E-state index is 0.565. The molecule has 18 heavy (non-hydrogen) atoms. The van der Waals surface area contributed by atoms with Gasteiger partial charge in [0.2, 0.25) is 0 Å². The lowest BCUT2D eigenvalue weighted by Crippen LogP contribution is -2.48. The summed E-state index contributed by atoms with van der Waals surface area (Å²) in [6, 6.07) is 0. The van der Waals surface area contributed by atoms with E-state index in [1.54, 1.807) is 0 Å². The number of rotatable bonds is 5. The van der Waals surface area contributed by atoms with Crippen LogP contribution in [0.5, 0.6) is 0 Å². The quantitative estimate of drug-likeness (QED) is 0.827. The molecular formula is C15H30N2S. The van der Waals surface area contributed by atoms with Crippen LogP contribution < -0.4 is 5.32 Å². The molecule has 2 fully saturated rings. The van der Waals surface area contributed by atoms with Crippen molar-refractivity contribution in [2.24, 2.45) is 11.3 Å². The van der Waals surface area contributed by atoms with E-state index >= 15 is 0 Å². The Morgan fingerprint density at radius 1 is 1.33 bits per heavy atom. The van der Waals surface area contributed by atoms with Crippen LogP contribution in [0.3, 0.4) is 0 Å². The number of nitrogens with one attached hydrogen (secondary N) is 1. The Hall–Kier alpha value is 0.270. The molecule has 1 N–H and O–H groups in total. The fourth-order valence-electron chi connectivity index (χ4n) is 3.75. The van der Waals surface area contributed by atoms with Crippen molar-refractivity contribution in [3.8, 4) is 0 Å². The first-order valence-electron chi connectivity index (χ1n) is 7.75. The highest BCUT2D eigenvalue weighted by molar-refractivity contribution is 7.99. The lowest BCUT2D eigenvalue weighted by Gasteiger charge is -2.44. The zero-order valence-corrected chi connectivity index (χ0v) is 13.0. The van der Waals surface area contributed by atoms with Gasteiger partial charge in [-0.2, -0.15) is 11.8 Å². The summed E-state index contributed by atoms with van der Waals surface area (Å²) in [5.74, 6) is 3.61. The summed E-state index contributed by atoms with van der Waals surface area (Å²) in [5.41, 5.74) is 0.565. The molecular weight excluding hydrogens is 240 g/mol. The van der Waals surface area contributed by atoms with Crippen molar-refractivity contribution in [2.75, 3.05) is 44.2 Å². The van der Waals surface area contributed by atoms with E-state index in [-0.39, 0.29) is 0 Å². The van der Waals surface area contributed by atoms with Crippen molar-refractivity contribution in [1.82, 2.24) is 10.2 Å². The third-order valence-corrected chi connectivity index (χ3v) is 5.54. The summed E-state index contributed by atoms with van der Waals surface area (Å²) >= 11 is 2.12. The summed E-state index contributed by atoms with van der Waals surface area (Å²) in [4.78, 5) is 2.73. The second-order valence-corrected chi connectivity index (χ2v) is 7.60. The number of hydrogen-bond donors (Lipinski definition) is 1. The molecule has 1 saturated heterocycles. The van der Waals surface area contributed by atoms with E-state index in [9.17, 15) is 0 Å². The van der Waals surface area contributed by atoms with Crippen molar-refractivity contribution < 1.29 is 0 Å². The van der Waals surface area contributed by atoms with Gasteiger partial charge in [-0.25, -0.2) is 0 Å². The third kappa shape index (κ3) is 4.14. The van der Waals surface area contributed by atoms with Gasteiger partial charge < -0.3 is 10.2 Å². The Balaban J connectivity index is 1.94. The van der Waals surface area contributed by atoms with Gasteiger partial charge in [0.25, 0.3) is 0 Å². The zero-order valence-electron chi connectivity index (χ0n) is 12.2. The van der Waals surface area contributed by atoms with Crippen LogP contribution in [0, 0.1) is 11.3 Å². The van der Waals surface area contributed by atoms with E-state index in [1.807, 2.05) is 0 Å². The van der Waals surface area contributed by atoms with Gasteiger partial charge in [0.15, 0.2) is 0 Å². The minimum Gasteiger partial charge on any atom is -0.316 e. The summed E-state index contributed by atoms with van der Waals surface area (Å²) < 4.78 is 0. The number of thioether (sulfide) groups is 1. The molecule has 2 nitrogen and oxygen atoms in total. The standard InChI is InChI=1S/C15H30N2S/c1-3-16-12-15(6-4-5-14(2)11-15)13-17-7-9-18-10-8-17/h14,16H,3-13H2,1-2H3. The van der Waals surface area contributed by atoms with Gasteiger partial charge in [0, 0.05) is 37.7 Å². The van der Waals surface area contributed by atoms with Crippen LogP contribution in [-0.4, -0.2) is 49.1 Å². The molecule has 2 atom stereocenters. The van der Waals surface area contributed by atoms with Gasteiger partial charge >= 0.3 is 0 Å². The maximum atomic E-state index is 3.64. The molecule has 1 heterocycles. The van der Waals surface area contributed by atoms with Gasteiger partial charge in [-0.1, -0.05) is 26.7 Å². The molecule has 0 aromatic rings. The van der Waals surface area contributed by atoms with Crippen molar-refractivity contribution in [1.29, 1.82) is 0 Å². The average Bonchev–Trinajstić information content (AvgIpc) is 2.38. The van der Waals surface area contributed by atoms with Gasteiger partial charge in [0.05, 0.1) is 0 Å². The van der Waals surface area contributed by atoms with Gasteiger partial charge in [0.1, 0.15) is 0 Å². The summed E-state index contributed by atoms with van der Waals surface area (Å²) in [7, 11) is 0. The second-order valence-electron chi connectivity index (χ2n) is 6.37. The van der Waals surface area contributed by atoms with Crippen molar-refractivity contribution in [3.05, 3.63) is 0 Å². The van der Waals surface area contributed by atoms with Gasteiger partial charge in [-0.3, -0.25) is 0 Å². The van der Waals surface area contributed by atoms with Gasteiger partial charge in [-0.05, 0) is 30.7 Å². The predicted octanol–water partition coefficient (Wildman–Crippen LogP) is 2.84. The van der Waals surface area contributed by atoms with E-state index < -0.39 is 0 Å². The molecule has 2 aliphatic rings. The Labute approximate surface area is 117 Å². The fraction of sp³-hybridized carbons (Fsp3) is 1.00. The van der Waals surface area contributed by atoms with E-state index in [0.29, 0.717) is 5.41 Å². The van der Waals surface area contributed by atoms with Crippen molar-refractivity contribution in [3.63, 3.8) is 0 Å². The Morgan fingerprint density at radius 3 is 2.78 bits per heavy atom. The largest absolute Gasteiger partial charge is 0.316 e. The topological polar surface area (TPSA) is 15.3 Å². The van der Waals surface area contributed by atoms with E-state index in [0.717, 1.165) is 12.5 Å². The van der Waals surface area contributed by atoms with Gasteiger partial charge in [-0.15, -0.1) is 0 Å². The maximum Gasteiger partial charge on any atom is 0.00729 e. The number of nitrogens with zero attached hydrogens (tertiary/aromatic N) is 1. The second kappa shape index (κ2) is 7.16. The molecule has 1 aliphatic carbocycles. The van der Waals surface area contributed by atoms with Crippen molar-refractivity contribution in [2.45, 2.75) is 39.5 Å². The molecule has 0 aromatic heterocycles. The monoisotopic (exact) mass is 270 g/mol. The first-order valence-corrected chi connectivity index (χ1v) is 8.90. The first-order chi connectivity index (χ1) is 8.74. The molecule has 0 amide bonds. The maximum absolute atomic E-state index is 3.64. The SMILES string of the molecule is CCNCC1(CN2CCSCC2)CCCC(C)C1. The molecule has 0 radical (unpaired) electrons. The van der Waals surface area contributed by atoms with Crippen LogP contribution >= 0.6 is 11.8 Å². The number of hydrogen-bond acceptors (Lipinski definition) is 3. The van der Waals surface area contributed by atoms with Crippen LogP contribution in [0.25, 0.3) is 0 Å². The molecule has 106 valence electrons. The average molecular weight is 270 g/mol. The molecule has 2 unspecified atom stereocenters. The minimum atomic E-state index is 0.565. The third-order valence-electron chi connectivity index (χ3n) is 4.60. The molecule has 0 spiro atoms. The summed E-state index contributed by atoms with van der Waals surface area (Å²) in [6.07, 6.45) is 5.76. The summed E-state index contributed by atoms with van der Waals surface area (Å²) in [6.45, 7) is 11.0. The summed E-state index contributed by atoms with van der Waals surface area (Å²) in [5, 5.41) is 3.64. The Morgan fingerprint density at radius 2 is 2.11 bits per heavy atom. The van der Waals surface area contributed by atoms with Crippen LogP contribution in [0.1, 0.15) is 39.5 Å². The molecule has 1 saturated carbocycles. The first kappa shape index (κ1) is 14.7. The lowest BCUT2D eigenvalue weighted by atomic mass is 9.69. The molecule has 2 rings (SSSR count). The zero-order chi connectivity index (χ0) is 12.8. The molecule has 0 bridgehead atoms. The highest BCUT2D eigenvalue weighted by atomic mass is 32.2. The Kier molecular flexibility index (Phi) is 5.84. The van der Waals surface area contributed by atoms with E-state index in [4.69, 9.17) is 0 Å². The predicted molar refractivity (Wildman–Crippen MR) is 82.4 cm³/mol. The molecule has 3 heteroatoms. The van der Waals surface area contributed by atoms with E-state index in [2.05, 4.69) is 35.8 Å². The smallest absolute Gasteiger partial charge is 0.00729 e. The van der Waals surface area contributed by atoms with Crippen LogP contribution in [-0.2, 0) is 0 Å².